The van der Waals surface area contributed by atoms with Crippen molar-refractivity contribution in [1.82, 2.24) is 10.3 Å². The normalized spacial score (nSPS) is 21.8. The number of morpholine rings is 1. The first-order chi connectivity index (χ1) is 9.11. The summed E-state index contributed by atoms with van der Waals surface area (Å²) in [5.41, 5.74) is 1.08. The van der Waals surface area contributed by atoms with Gasteiger partial charge in [-0.15, -0.1) is 0 Å². The molecule has 0 amide bonds. The summed E-state index contributed by atoms with van der Waals surface area (Å²) in [5.74, 6) is 0. The van der Waals surface area contributed by atoms with Crippen molar-refractivity contribution in [2.24, 2.45) is 0 Å². The Bertz CT molecular complexity index is 468. The zero-order valence-corrected chi connectivity index (χ0v) is 11.3. The highest BCUT2D eigenvalue weighted by atomic mass is 16.5. The molecule has 1 saturated heterocycles. The quantitative estimate of drug-likeness (QED) is 0.883. The number of hydrogen-bond donors (Lipinski definition) is 1. The zero-order valence-electron chi connectivity index (χ0n) is 11.3. The number of hydrogen-bond acceptors (Lipinski definition) is 5. The standard InChI is InChI=1S/C14H19N3O2/c1-14(2)10-16-7-12(19-14)9-18-8-11-4-3-5-17-13(11)6-15/h3-5,12,16H,7-10H2,1-2H3. The van der Waals surface area contributed by atoms with E-state index in [4.69, 9.17) is 14.7 Å². The topological polar surface area (TPSA) is 67.2 Å². The molecule has 5 heteroatoms. The molecule has 1 atom stereocenters. The van der Waals surface area contributed by atoms with E-state index in [9.17, 15) is 0 Å². The molecule has 1 aromatic rings. The number of aromatic nitrogens is 1. The second-order valence-electron chi connectivity index (χ2n) is 5.27. The molecule has 102 valence electrons. The first-order valence-electron chi connectivity index (χ1n) is 6.41. The van der Waals surface area contributed by atoms with Crippen LogP contribution < -0.4 is 5.32 Å². The van der Waals surface area contributed by atoms with Crippen LogP contribution >= 0.6 is 0 Å². The smallest absolute Gasteiger partial charge is 0.145 e. The van der Waals surface area contributed by atoms with Gasteiger partial charge in [0.25, 0.3) is 0 Å². The van der Waals surface area contributed by atoms with Crippen LogP contribution in [0.2, 0.25) is 0 Å². The minimum Gasteiger partial charge on any atom is -0.374 e. The maximum atomic E-state index is 8.93. The summed E-state index contributed by atoms with van der Waals surface area (Å²) in [6, 6.07) is 5.73. The summed E-state index contributed by atoms with van der Waals surface area (Å²) >= 11 is 0. The van der Waals surface area contributed by atoms with Crippen LogP contribution in [-0.4, -0.2) is 36.4 Å². The average molecular weight is 261 g/mol. The van der Waals surface area contributed by atoms with Gasteiger partial charge in [0.05, 0.1) is 24.9 Å². The lowest BCUT2D eigenvalue weighted by atomic mass is 10.1. The Hall–Kier alpha value is -1.48. The van der Waals surface area contributed by atoms with Crippen LogP contribution in [0.15, 0.2) is 18.3 Å². The molecule has 0 aromatic carbocycles. The fourth-order valence-corrected chi connectivity index (χ4v) is 2.12. The van der Waals surface area contributed by atoms with Gasteiger partial charge in [0.1, 0.15) is 11.8 Å². The van der Waals surface area contributed by atoms with E-state index in [0.29, 0.717) is 18.9 Å². The number of pyridine rings is 1. The molecule has 0 saturated carbocycles. The summed E-state index contributed by atoms with van der Waals surface area (Å²) in [6.07, 6.45) is 1.66. The van der Waals surface area contributed by atoms with E-state index in [1.165, 1.54) is 0 Å². The van der Waals surface area contributed by atoms with Crippen LogP contribution in [0, 0.1) is 11.3 Å². The van der Waals surface area contributed by atoms with Gasteiger partial charge in [-0.3, -0.25) is 0 Å². The van der Waals surface area contributed by atoms with Crippen molar-refractivity contribution >= 4 is 0 Å². The lowest BCUT2D eigenvalue weighted by molar-refractivity contribution is -0.122. The molecular formula is C14H19N3O2. The number of rotatable bonds is 4. The highest BCUT2D eigenvalue weighted by molar-refractivity contribution is 5.29. The molecule has 19 heavy (non-hydrogen) atoms. The fraction of sp³-hybridized carbons (Fsp3) is 0.571. The van der Waals surface area contributed by atoms with Gasteiger partial charge in [0, 0.05) is 24.8 Å². The monoisotopic (exact) mass is 261 g/mol. The highest BCUT2D eigenvalue weighted by Crippen LogP contribution is 2.16. The van der Waals surface area contributed by atoms with Gasteiger partial charge in [0.2, 0.25) is 0 Å². The van der Waals surface area contributed by atoms with Gasteiger partial charge >= 0.3 is 0 Å². The number of nitrogens with one attached hydrogen (secondary N) is 1. The SMILES string of the molecule is CC1(C)CNCC(COCc2cccnc2C#N)O1. The summed E-state index contributed by atoms with van der Waals surface area (Å²) in [6.45, 7) is 6.65. The van der Waals surface area contributed by atoms with Crippen LogP contribution in [0.1, 0.15) is 25.1 Å². The Kier molecular flexibility index (Phi) is 4.48. The molecule has 0 spiro atoms. The Labute approximate surface area is 113 Å². The van der Waals surface area contributed by atoms with E-state index in [2.05, 4.69) is 30.2 Å². The van der Waals surface area contributed by atoms with E-state index < -0.39 is 0 Å². The summed E-state index contributed by atoms with van der Waals surface area (Å²) in [5, 5.41) is 12.3. The van der Waals surface area contributed by atoms with Gasteiger partial charge in [-0.05, 0) is 19.9 Å². The molecule has 0 radical (unpaired) electrons. The second kappa shape index (κ2) is 6.11. The predicted molar refractivity (Wildman–Crippen MR) is 70.4 cm³/mol. The number of ether oxygens (including phenoxy) is 2. The molecule has 1 unspecified atom stereocenters. The Morgan fingerprint density at radius 3 is 3.21 bits per heavy atom. The summed E-state index contributed by atoms with van der Waals surface area (Å²) in [4.78, 5) is 4.00. The van der Waals surface area contributed by atoms with Crippen molar-refractivity contribution in [1.29, 1.82) is 5.26 Å². The van der Waals surface area contributed by atoms with Crippen LogP contribution in [0.4, 0.5) is 0 Å². The molecule has 1 fully saturated rings. The van der Waals surface area contributed by atoms with Crippen molar-refractivity contribution in [3.05, 3.63) is 29.6 Å². The van der Waals surface area contributed by atoms with Gasteiger partial charge in [0.15, 0.2) is 0 Å². The molecule has 0 aliphatic carbocycles. The van der Waals surface area contributed by atoms with Crippen molar-refractivity contribution in [2.75, 3.05) is 19.7 Å². The number of nitriles is 1. The van der Waals surface area contributed by atoms with Crippen molar-refractivity contribution < 1.29 is 9.47 Å². The third kappa shape index (κ3) is 4.00. The maximum Gasteiger partial charge on any atom is 0.145 e. The van der Waals surface area contributed by atoms with Gasteiger partial charge < -0.3 is 14.8 Å². The number of nitrogens with zero attached hydrogens (tertiary/aromatic N) is 2. The molecular weight excluding hydrogens is 242 g/mol. The van der Waals surface area contributed by atoms with Gasteiger partial charge in [-0.2, -0.15) is 5.26 Å². The minimum atomic E-state index is -0.154. The van der Waals surface area contributed by atoms with Crippen molar-refractivity contribution in [3.63, 3.8) is 0 Å². The average Bonchev–Trinajstić information content (AvgIpc) is 2.38. The third-order valence-electron chi connectivity index (χ3n) is 2.97. The molecule has 0 bridgehead atoms. The van der Waals surface area contributed by atoms with E-state index in [-0.39, 0.29) is 11.7 Å². The maximum absolute atomic E-state index is 8.93. The Morgan fingerprint density at radius 1 is 1.63 bits per heavy atom. The zero-order chi connectivity index (χ0) is 13.7. The highest BCUT2D eigenvalue weighted by Gasteiger charge is 2.28. The van der Waals surface area contributed by atoms with Crippen molar-refractivity contribution in [3.8, 4) is 6.07 Å². The Balaban J connectivity index is 1.82. The molecule has 1 aliphatic rings. The van der Waals surface area contributed by atoms with E-state index in [1.54, 1.807) is 12.3 Å². The summed E-state index contributed by atoms with van der Waals surface area (Å²) in [7, 11) is 0. The molecule has 1 N–H and O–H groups in total. The first kappa shape index (κ1) is 13.9. The molecule has 2 rings (SSSR count). The largest absolute Gasteiger partial charge is 0.374 e. The molecule has 2 heterocycles. The lowest BCUT2D eigenvalue weighted by Crippen LogP contribution is -2.51. The second-order valence-corrected chi connectivity index (χ2v) is 5.27. The fourth-order valence-electron chi connectivity index (χ4n) is 2.12. The third-order valence-corrected chi connectivity index (χ3v) is 2.97. The molecule has 1 aliphatic heterocycles. The molecule has 5 nitrogen and oxygen atoms in total. The van der Waals surface area contributed by atoms with Crippen molar-refractivity contribution in [2.45, 2.75) is 32.2 Å². The predicted octanol–water partition coefficient (Wildman–Crippen LogP) is 1.24. The van der Waals surface area contributed by atoms with Gasteiger partial charge in [-0.1, -0.05) is 6.07 Å². The van der Waals surface area contributed by atoms with E-state index >= 15 is 0 Å². The Morgan fingerprint density at radius 2 is 2.47 bits per heavy atom. The first-order valence-corrected chi connectivity index (χ1v) is 6.41. The van der Waals surface area contributed by atoms with Crippen LogP contribution in [0.5, 0.6) is 0 Å². The lowest BCUT2D eigenvalue weighted by Gasteiger charge is -2.36. The van der Waals surface area contributed by atoms with Gasteiger partial charge in [-0.25, -0.2) is 4.98 Å². The van der Waals surface area contributed by atoms with Crippen LogP contribution in [-0.2, 0) is 16.1 Å². The summed E-state index contributed by atoms with van der Waals surface area (Å²) < 4.78 is 11.5. The van der Waals surface area contributed by atoms with Crippen LogP contribution in [0.3, 0.4) is 0 Å². The van der Waals surface area contributed by atoms with E-state index in [0.717, 1.165) is 18.7 Å². The van der Waals surface area contributed by atoms with E-state index in [1.807, 2.05) is 6.07 Å². The molecule has 1 aromatic heterocycles. The van der Waals surface area contributed by atoms with Crippen LogP contribution in [0.25, 0.3) is 0 Å². The minimum absolute atomic E-state index is 0.0472.